The van der Waals surface area contributed by atoms with Crippen molar-refractivity contribution in [1.82, 2.24) is 10.2 Å². The highest BCUT2D eigenvalue weighted by Crippen LogP contribution is 2.30. The number of morpholine rings is 1. The van der Waals surface area contributed by atoms with E-state index in [0.29, 0.717) is 12.1 Å². The molecular formula is C17H34N2O2. The van der Waals surface area contributed by atoms with Gasteiger partial charge in [0.05, 0.1) is 19.3 Å². The van der Waals surface area contributed by atoms with Gasteiger partial charge in [0.1, 0.15) is 0 Å². The predicted molar refractivity (Wildman–Crippen MR) is 86.6 cm³/mol. The van der Waals surface area contributed by atoms with Crippen molar-refractivity contribution < 1.29 is 9.84 Å². The van der Waals surface area contributed by atoms with E-state index in [9.17, 15) is 5.11 Å². The van der Waals surface area contributed by atoms with Crippen molar-refractivity contribution in [2.75, 3.05) is 32.8 Å². The Morgan fingerprint density at radius 1 is 1.33 bits per heavy atom. The molecule has 0 spiro atoms. The van der Waals surface area contributed by atoms with Gasteiger partial charge in [-0.1, -0.05) is 13.8 Å². The van der Waals surface area contributed by atoms with Crippen LogP contribution in [0, 0.1) is 0 Å². The normalized spacial score (nSPS) is 29.3. The molecule has 1 saturated heterocycles. The molecule has 0 aromatic rings. The van der Waals surface area contributed by atoms with E-state index in [4.69, 9.17) is 4.74 Å². The van der Waals surface area contributed by atoms with Gasteiger partial charge in [-0.3, -0.25) is 4.90 Å². The Morgan fingerprint density at radius 3 is 2.90 bits per heavy atom. The van der Waals surface area contributed by atoms with Crippen LogP contribution in [0.25, 0.3) is 0 Å². The van der Waals surface area contributed by atoms with E-state index in [1.807, 2.05) is 0 Å². The maximum atomic E-state index is 9.79. The van der Waals surface area contributed by atoms with Crippen LogP contribution >= 0.6 is 0 Å². The Hall–Kier alpha value is -0.160. The monoisotopic (exact) mass is 298 g/mol. The van der Waals surface area contributed by atoms with Crippen LogP contribution in [-0.4, -0.2) is 60.5 Å². The lowest BCUT2D eigenvalue weighted by molar-refractivity contribution is -0.0565. The fourth-order valence-electron chi connectivity index (χ4n) is 3.93. The fraction of sp³-hybridized carbons (Fsp3) is 1.00. The van der Waals surface area contributed by atoms with Crippen molar-refractivity contribution in [2.45, 2.75) is 76.5 Å². The maximum absolute atomic E-state index is 9.79. The van der Waals surface area contributed by atoms with Gasteiger partial charge < -0.3 is 15.2 Å². The lowest BCUT2D eigenvalue weighted by atomic mass is 9.90. The van der Waals surface area contributed by atoms with Gasteiger partial charge in [0.2, 0.25) is 0 Å². The molecule has 124 valence electrons. The van der Waals surface area contributed by atoms with Crippen molar-refractivity contribution >= 4 is 0 Å². The van der Waals surface area contributed by atoms with Crippen LogP contribution in [0.5, 0.6) is 0 Å². The second-order valence-electron chi connectivity index (χ2n) is 6.77. The van der Waals surface area contributed by atoms with Crippen LogP contribution in [0.1, 0.15) is 58.8 Å². The average molecular weight is 298 g/mol. The third-order valence-electron chi connectivity index (χ3n) is 5.43. The number of aliphatic hydroxyl groups is 1. The summed E-state index contributed by atoms with van der Waals surface area (Å²) < 4.78 is 5.88. The molecule has 2 rings (SSSR count). The number of nitrogens with zero attached hydrogens (tertiary/aromatic N) is 1. The van der Waals surface area contributed by atoms with Crippen molar-refractivity contribution in [1.29, 1.82) is 0 Å². The molecule has 3 atom stereocenters. The molecule has 1 aliphatic heterocycles. The van der Waals surface area contributed by atoms with Crippen molar-refractivity contribution in [3.05, 3.63) is 0 Å². The van der Waals surface area contributed by atoms with E-state index in [1.54, 1.807) is 0 Å². The van der Waals surface area contributed by atoms with Crippen LogP contribution in [0.3, 0.4) is 0 Å². The minimum atomic E-state index is -0.0720. The standard InChI is InChI=1S/C17H34N2O2/c1-3-10-18-17(4-2,14-20)9-6-11-19-12-13-21-16-8-5-7-15(16)19/h15-16,18,20H,3-14H2,1-2H3. The summed E-state index contributed by atoms with van der Waals surface area (Å²) in [4.78, 5) is 2.64. The summed E-state index contributed by atoms with van der Waals surface area (Å²) in [5.74, 6) is 0. The first-order chi connectivity index (χ1) is 10.2. The van der Waals surface area contributed by atoms with Gasteiger partial charge >= 0.3 is 0 Å². The van der Waals surface area contributed by atoms with Gasteiger partial charge in [-0.25, -0.2) is 0 Å². The number of fused-ring (bicyclic) bond motifs is 1. The molecule has 0 aromatic carbocycles. The summed E-state index contributed by atoms with van der Waals surface area (Å²) in [5.41, 5.74) is -0.0720. The zero-order chi connectivity index (χ0) is 15.1. The van der Waals surface area contributed by atoms with Crippen LogP contribution < -0.4 is 5.32 Å². The Bertz CT molecular complexity index is 295. The summed E-state index contributed by atoms with van der Waals surface area (Å²) >= 11 is 0. The second-order valence-corrected chi connectivity index (χ2v) is 6.77. The van der Waals surface area contributed by atoms with Gasteiger partial charge in [-0.15, -0.1) is 0 Å². The molecule has 2 fully saturated rings. The molecule has 4 heteroatoms. The zero-order valence-corrected chi connectivity index (χ0v) is 13.9. The van der Waals surface area contributed by atoms with Crippen LogP contribution in [0.2, 0.25) is 0 Å². The summed E-state index contributed by atoms with van der Waals surface area (Å²) in [6.07, 6.45) is 8.70. The quantitative estimate of drug-likeness (QED) is 0.685. The molecule has 2 N–H and O–H groups in total. The Balaban J connectivity index is 1.78. The molecular weight excluding hydrogens is 264 g/mol. The lowest BCUT2D eigenvalue weighted by Gasteiger charge is -2.39. The van der Waals surface area contributed by atoms with Crippen molar-refractivity contribution in [3.63, 3.8) is 0 Å². The number of ether oxygens (including phenoxy) is 1. The second kappa shape index (κ2) is 8.47. The van der Waals surface area contributed by atoms with E-state index in [0.717, 1.165) is 51.9 Å². The molecule has 0 aromatic heterocycles. The zero-order valence-electron chi connectivity index (χ0n) is 13.9. The largest absolute Gasteiger partial charge is 0.394 e. The first-order valence-electron chi connectivity index (χ1n) is 8.96. The molecule has 0 radical (unpaired) electrons. The molecule has 1 saturated carbocycles. The van der Waals surface area contributed by atoms with E-state index in [2.05, 4.69) is 24.1 Å². The average Bonchev–Trinajstić information content (AvgIpc) is 3.00. The Labute approximate surface area is 130 Å². The minimum absolute atomic E-state index is 0.0720. The van der Waals surface area contributed by atoms with Crippen LogP contribution in [-0.2, 0) is 4.74 Å². The highest BCUT2D eigenvalue weighted by molar-refractivity contribution is 4.91. The number of nitrogens with one attached hydrogen (secondary N) is 1. The molecule has 21 heavy (non-hydrogen) atoms. The molecule has 3 unspecified atom stereocenters. The summed E-state index contributed by atoms with van der Waals surface area (Å²) in [5, 5.41) is 13.4. The number of hydrogen-bond acceptors (Lipinski definition) is 4. The van der Waals surface area contributed by atoms with E-state index >= 15 is 0 Å². The Morgan fingerprint density at radius 2 is 2.19 bits per heavy atom. The van der Waals surface area contributed by atoms with Crippen LogP contribution in [0.4, 0.5) is 0 Å². The smallest absolute Gasteiger partial charge is 0.0730 e. The van der Waals surface area contributed by atoms with Crippen molar-refractivity contribution in [2.24, 2.45) is 0 Å². The van der Waals surface area contributed by atoms with Gasteiger partial charge in [0, 0.05) is 18.1 Å². The SMILES string of the molecule is CCCNC(CC)(CO)CCCN1CCOC2CCCC21. The summed E-state index contributed by atoms with van der Waals surface area (Å²) in [7, 11) is 0. The maximum Gasteiger partial charge on any atom is 0.0730 e. The van der Waals surface area contributed by atoms with Gasteiger partial charge in [0.15, 0.2) is 0 Å². The van der Waals surface area contributed by atoms with E-state index < -0.39 is 0 Å². The number of aliphatic hydroxyl groups excluding tert-OH is 1. The van der Waals surface area contributed by atoms with Crippen LogP contribution in [0.15, 0.2) is 0 Å². The topological polar surface area (TPSA) is 44.7 Å². The first kappa shape index (κ1) is 17.2. The summed E-state index contributed by atoms with van der Waals surface area (Å²) in [6.45, 7) is 8.74. The van der Waals surface area contributed by atoms with Crippen molar-refractivity contribution in [3.8, 4) is 0 Å². The first-order valence-corrected chi connectivity index (χ1v) is 8.96. The van der Waals surface area contributed by atoms with Gasteiger partial charge in [-0.2, -0.15) is 0 Å². The van der Waals surface area contributed by atoms with Gasteiger partial charge in [0.25, 0.3) is 0 Å². The molecule has 1 heterocycles. The van der Waals surface area contributed by atoms with E-state index in [1.165, 1.54) is 19.3 Å². The highest BCUT2D eigenvalue weighted by atomic mass is 16.5. The molecule has 2 aliphatic rings. The molecule has 0 bridgehead atoms. The van der Waals surface area contributed by atoms with E-state index in [-0.39, 0.29) is 12.1 Å². The summed E-state index contributed by atoms with van der Waals surface area (Å²) in [6, 6.07) is 0.660. The number of hydrogen-bond donors (Lipinski definition) is 2. The third kappa shape index (κ3) is 4.41. The molecule has 0 amide bonds. The molecule has 4 nitrogen and oxygen atoms in total. The molecule has 1 aliphatic carbocycles. The van der Waals surface area contributed by atoms with Gasteiger partial charge in [-0.05, 0) is 58.0 Å². The third-order valence-corrected chi connectivity index (χ3v) is 5.43. The minimum Gasteiger partial charge on any atom is -0.394 e. The lowest BCUT2D eigenvalue weighted by Crippen LogP contribution is -2.51. The fourth-order valence-corrected chi connectivity index (χ4v) is 3.93. The predicted octanol–water partition coefficient (Wildman–Crippen LogP) is 2.16. The number of rotatable bonds is 9. The Kier molecular flexibility index (Phi) is 6.93. The highest BCUT2D eigenvalue weighted by Gasteiger charge is 2.36.